The first-order valence-corrected chi connectivity index (χ1v) is 7.25. The number of anilines is 2. The van der Waals surface area contributed by atoms with E-state index in [2.05, 4.69) is 29.4 Å². The molecule has 0 saturated carbocycles. The van der Waals surface area contributed by atoms with Gasteiger partial charge in [0.2, 0.25) is 0 Å². The Labute approximate surface area is 126 Å². The largest absolute Gasteiger partial charge is 0.372 e. The molecule has 1 rings (SSSR count). The van der Waals surface area contributed by atoms with E-state index in [1.165, 1.54) is 0 Å². The second-order valence-electron chi connectivity index (χ2n) is 5.88. The van der Waals surface area contributed by atoms with E-state index in [9.17, 15) is 9.59 Å². The topological polar surface area (TPSA) is 61.4 Å². The number of hydrogen-bond acceptors (Lipinski definition) is 3. The summed E-state index contributed by atoms with van der Waals surface area (Å²) in [5.41, 5.74) is 1.28. The number of carbonyl (C=O) groups excluding carboxylic acids is 2. The van der Waals surface area contributed by atoms with Crippen LogP contribution in [0.3, 0.4) is 0 Å². The van der Waals surface area contributed by atoms with Crippen molar-refractivity contribution in [1.82, 2.24) is 5.32 Å². The zero-order chi connectivity index (χ0) is 16.0. The van der Waals surface area contributed by atoms with Gasteiger partial charge in [-0.05, 0) is 58.9 Å². The van der Waals surface area contributed by atoms with E-state index in [-0.39, 0.29) is 0 Å². The van der Waals surface area contributed by atoms with Gasteiger partial charge in [0.05, 0.1) is 0 Å². The molecule has 0 aliphatic rings. The first-order valence-electron chi connectivity index (χ1n) is 7.25. The van der Waals surface area contributed by atoms with Crippen molar-refractivity contribution in [2.45, 2.75) is 40.2 Å². The van der Waals surface area contributed by atoms with Gasteiger partial charge in [-0.1, -0.05) is 0 Å². The van der Waals surface area contributed by atoms with Gasteiger partial charge in [0.15, 0.2) is 0 Å². The summed E-state index contributed by atoms with van der Waals surface area (Å²) in [6.07, 6.45) is 0. The van der Waals surface area contributed by atoms with Crippen LogP contribution in [0, 0.1) is 0 Å². The first-order chi connectivity index (χ1) is 9.76. The molecule has 1 aromatic carbocycles. The van der Waals surface area contributed by atoms with Gasteiger partial charge in [0.25, 0.3) is 0 Å². The van der Waals surface area contributed by atoms with Gasteiger partial charge in [-0.15, -0.1) is 0 Å². The fourth-order valence-electron chi connectivity index (χ4n) is 1.93. The zero-order valence-corrected chi connectivity index (χ0v) is 13.5. The van der Waals surface area contributed by atoms with E-state index in [1.807, 2.05) is 32.9 Å². The maximum absolute atomic E-state index is 11.8. The fourth-order valence-corrected chi connectivity index (χ4v) is 1.93. The Kier molecular flexibility index (Phi) is 5.76. The lowest BCUT2D eigenvalue weighted by atomic mass is 10.1. The second-order valence-corrected chi connectivity index (χ2v) is 5.88. The van der Waals surface area contributed by atoms with Crippen molar-refractivity contribution in [3.05, 3.63) is 24.3 Å². The summed E-state index contributed by atoms with van der Waals surface area (Å²) < 4.78 is 0. The lowest BCUT2D eigenvalue weighted by Gasteiger charge is -2.21. The summed E-state index contributed by atoms with van der Waals surface area (Å²) in [5, 5.41) is 5.22. The van der Waals surface area contributed by atoms with Crippen molar-refractivity contribution in [1.29, 1.82) is 0 Å². The van der Waals surface area contributed by atoms with Gasteiger partial charge in [-0.3, -0.25) is 9.59 Å². The average Bonchev–Trinajstić information content (AvgIpc) is 2.40. The van der Waals surface area contributed by atoms with E-state index >= 15 is 0 Å². The van der Waals surface area contributed by atoms with Crippen molar-refractivity contribution >= 4 is 23.2 Å². The molecule has 0 heterocycles. The van der Waals surface area contributed by atoms with E-state index in [4.69, 9.17) is 0 Å². The molecule has 1 aromatic rings. The molecule has 0 aromatic heterocycles. The third-order valence-electron chi connectivity index (χ3n) is 2.95. The lowest BCUT2D eigenvalue weighted by Crippen LogP contribution is -2.46. The van der Waals surface area contributed by atoms with E-state index < -0.39 is 17.4 Å². The van der Waals surface area contributed by atoms with Crippen LogP contribution in [-0.2, 0) is 9.59 Å². The minimum atomic E-state index is -0.652. The SMILES string of the molecule is CCN(CC)c1ccc(NC(=O)C(=O)NC(C)(C)C)cc1. The van der Waals surface area contributed by atoms with Gasteiger partial charge < -0.3 is 15.5 Å². The molecular formula is C16H25N3O2. The summed E-state index contributed by atoms with van der Waals surface area (Å²) in [6.45, 7) is 11.5. The molecule has 0 saturated heterocycles. The van der Waals surface area contributed by atoms with Crippen LogP contribution in [0.1, 0.15) is 34.6 Å². The Morgan fingerprint density at radius 3 is 1.95 bits per heavy atom. The summed E-state index contributed by atoms with van der Waals surface area (Å²) in [4.78, 5) is 25.7. The van der Waals surface area contributed by atoms with Crippen LogP contribution in [0.25, 0.3) is 0 Å². The number of rotatable bonds is 4. The molecule has 116 valence electrons. The average molecular weight is 291 g/mol. The quantitative estimate of drug-likeness (QED) is 0.837. The minimum absolute atomic E-state index is 0.430. The first kappa shape index (κ1) is 17.0. The van der Waals surface area contributed by atoms with Gasteiger partial charge >= 0.3 is 11.8 Å². The molecular weight excluding hydrogens is 266 g/mol. The molecule has 0 spiro atoms. The molecule has 0 unspecified atom stereocenters. The number of hydrogen-bond donors (Lipinski definition) is 2. The van der Waals surface area contributed by atoms with Crippen LogP contribution in [0.15, 0.2) is 24.3 Å². The molecule has 0 bridgehead atoms. The van der Waals surface area contributed by atoms with E-state index in [1.54, 1.807) is 12.1 Å². The number of benzene rings is 1. The summed E-state index contributed by atoms with van der Waals surface area (Å²) >= 11 is 0. The summed E-state index contributed by atoms with van der Waals surface area (Å²) in [6, 6.07) is 7.47. The Morgan fingerprint density at radius 1 is 1.00 bits per heavy atom. The molecule has 0 aliphatic heterocycles. The highest BCUT2D eigenvalue weighted by atomic mass is 16.2. The fraction of sp³-hybridized carbons (Fsp3) is 0.500. The Bertz CT molecular complexity index is 485. The molecule has 0 aliphatic carbocycles. The van der Waals surface area contributed by atoms with Crippen molar-refractivity contribution in [2.75, 3.05) is 23.3 Å². The smallest absolute Gasteiger partial charge is 0.313 e. The molecule has 2 N–H and O–H groups in total. The van der Waals surface area contributed by atoms with Crippen LogP contribution < -0.4 is 15.5 Å². The minimum Gasteiger partial charge on any atom is -0.372 e. The number of nitrogens with one attached hydrogen (secondary N) is 2. The third-order valence-corrected chi connectivity index (χ3v) is 2.95. The molecule has 5 nitrogen and oxygen atoms in total. The second kappa shape index (κ2) is 7.11. The van der Waals surface area contributed by atoms with Crippen LogP contribution >= 0.6 is 0 Å². The normalized spacial score (nSPS) is 10.9. The van der Waals surface area contributed by atoms with Crippen molar-refractivity contribution in [3.63, 3.8) is 0 Å². The van der Waals surface area contributed by atoms with Gasteiger partial charge in [-0.2, -0.15) is 0 Å². The number of nitrogens with zero attached hydrogens (tertiary/aromatic N) is 1. The van der Waals surface area contributed by atoms with Crippen molar-refractivity contribution < 1.29 is 9.59 Å². The van der Waals surface area contributed by atoms with E-state index in [0.717, 1.165) is 18.8 Å². The van der Waals surface area contributed by atoms with Crippen LogP contribution in [0.5, 0.6) is 0 Å². The number of carbonyl (C=O) groups is 2. The van der Waals surface area contributed by atoms with E-state index in [0.29, 0.717) is 5.69 Å². The lowest BCUT2D eigenvalue weighted by molar-refractivity contribution is -0.137. The maximum Gasteiger partial charge on any atom is 0.313 e. The molecule has 5 heteroatoms. The Morgan fingerprint density at radius 2 is 1.52 bits per heavy atom. The van der Waals surface area contributed by atoms with Gasteiger partial charge in [-0.25, -0.2) is 0 Å². The molecule has 0 radical (unpaired) electrons. The van der Waals surface area contributed by atoms with Gasteiger partial charge in [0.1, 0.15) is 0 Å². The summed E-state index contributed by atoms with van der Waals surface area (Å²) in [7, 11) is 0. The molecule has 0 atom stereocenters. The third kappa shape index (κ3) is 5.45. The summed E-state index contributed by atoms with van der Waals surface area (Å²) in [5.74, 6) is -1.28. The van der Waals surface area contributed by atoms with Crippen molar-refractivity contribution in [2.24, 2.45) is 0 Å². The van der Waals surface area contributed by atoms with Crippen molar-refractivity contribution in [3.8, 4) is 0 Å². The van der Waals surface area contributed by atoms with Gasteiger partial charge in [0, 0.05) is 30.0 Å². The highest BCUT2D eigenvalue weighted by Crippen LogP contribution is 2.17. The molecule has 0 fully saturated rings. The Hall–Kier alpha value is -2.04. The van der Waals surface area contributed by atoms with Crippen LogP contribution in [0.4, 0.5) is 11.4 Å². The standard InChI is InChI=1S/C16H25N3O2/c1-6-19(7-2)13-10-8-12(9-11-13)17-14(20)15(21)18-16(3,4)5/h8-11H,6-7H2,1-5H3,(H,17,20)(H,18,21). The van der Waals surface area contributed by atoms with Crippen LogP contribution in [0.2, 0.25) is 0 Å². The maximum atomic E-state index is 11.8. The highest BCUT2D eigenvalue weighted by Gasteiger charge is 2.20. The highest BCUT2D eigenvalue weighted by molar-refractivity contribution is 6.39. The number of amides is 2. The van der Waals surface area contributed by atoms with Crippen LogP contribution in [-0.4, -0.2) is 30.4 Å². The predicted octanol–water partition coefficient (Wildman–Crippen LogP) is 2.39. The molecule has 2 amide bonds. The molecule has 21 heavy (non-hydrogen) atoms. The Balaban J connectivity index is 2.67. The monoisotopic (exact) mass is 291 g/mol. The zero-order valence-electron chi connectivity index (χ0n) is 13.5. The predicted molar refractivity (Wildman–Crippen MR) is 86.5 cm³/mol.